The maximum absolute atomic E-state index is 12.4. The van der Waals surface area contributed by atoms with Crippen LogP contribution in [-0.4, -0.2) is 58.7 Å². The van der Waals surface area contributed by atoms with Crippen LogP contribution in [0.4, 0.5) is 11.6 Å². The second-order valence-electron chi connectivity index (χ2n) is 7.52. The SMILES string of the molecule is O=C(Nc1cc(-c2nccc(NCC3CCOCC3)n2)ncn1)[C@@H]1CCCNC1. The normalized spacial score (nSPS) is 20.2. The Hall–Kier alpha value is -2.65. The van der Waals surface area contributed by atoms with Crippen LogP contribution < -0.4 is 16.0 Å². The summed E-state index contributed by atoms with van der Waals surface area (Å²) in [5, 5.41) is 9.53. The van der Waals surface area contributed by atoms with Crippen LogP contribution in [0.15, 0.2) is 24.7 Å². The quantitative estimate of drug-likeness (QED) is 0.675. The molecule has 0 unspecified atom stereocenters. The molecule has 2 saturated heterocycles. The fourth-order valence-electron chi connectivity index (χ4n) is 3.63. The van der Waals surface area contributed by atoms with Crippen molar-refractivity contribution in [2.24, 2.45) is 11.8 Å². The fraction of sp³-hybridized carbons (Fsp3) is 0.550. The average Bonchev–Trinajstić information content (AvgIpc) is 2.79. The molecule has 2 aliphatic heterocycles. The van der Waals surface area contributed by atoms with E-state index in [1.165, 1.54) is 6.33 Å². The smallest absolute Gasteiger partial charge is 0.229 e. The lowest BCUT2D eigenvalue weighted by molar-refractivity contribution is -0.120. The van der Waals surface area contributed by atoms with Gasteiger partial charge in [-0.2, -0.15) is 0 Å². The van der Waals surface area contributed by atoms with E-state index in [0.717, 1.165) is 57.8 Å². The van der Waals surface area contributed by atoms with Gasteiger partial charge in [-0.25, -0.2) is 19.9 Å². The predicted octanol–water partition coefficient (Wildman–Crippen LogP) is 1.71. The van der Waals surface area contributed by atoms with Gasteiger partial charge in [0, 0.05) is 38.6 Å². The largest absolute Gasteiger partial charge is 0.381 e. The number of anilines is 2. The molecule has 154 valence electrons. The van der Waals surface area contributed by atoms with Crippen molar-refractivity contribution in [3.05, 3.63) is 24.7 Å². The van der Waals surface area contributed by atoms with Crippen LogP contribution in [0.25, 0.3) is 11.5 Å². The van der Waals surface area contributed by atoms with Crippen LogP contribution in [0.5, 0.6) is 0 Å². The third kappa shape index (κ3) is 5.45. The first-order chi connectivity index (χ1) is 14.3. The van der Waals surface area contributed by atoms with Crippen molar-refractivity contribution < 1.29 is 9.53 Å². The lowest BCUT2D eigenvalue weighted by Crippen LogP contribution is -2.37. The van der Waals surface area contributed by atoms with Crippen molar-refractivity contribution in [1.82, 2.24) is 25.3 Å². The molecule has 2 aromatic rings. The van der Waals surface area contributed by atoms with Crippen molar-refractivity contribution in [1.29, 1.82) is 0 Å². The number of ether oxygens (including phenoxy) is 1. The molecule has 9 nitrogen and oxygen atoms in total. The minimum absolute atomic E-state index is 0.0188. The fourth-order valence-corrected chi connectivity index (χ4v) is 3.63. The molecule has 0 saturated carbocycles. The molecule has 0 radical (unpaired) electrons. The van der Waals surface area contributed by atoms with E-state index in [0.29, 0.717) is 29.8 Å². The summed E-state index contributed by atoms with van der Waals surface area (Å²) in [6, 6.07) is 3.56. The van der Waals surface area contributed by atoms with Crippen molar-refractivity contribution in [3.63, 3.8) is 0 Å². The minimum Gasteiger partial charge on any atom is -0.381 e. The van der Waals surface area contributed by atoms with Crippen molar-refractivity contribution in [2.45, 2.75) is 25.7 Å². The summed E-state index contributed by atoms with van der Waals surface area (Å²) in [6.45, 7) is 4.19. The molecule has 1 amide bonds. The molecule has 3 N–H and O–H groups in total. The highest BCUT2D eigenvalue weighted by molar-refractivity contribution is 5.92. The number of nitrogens with zero attached hydrogens (tertiary/aromatic N) is 4. The van der Waals surface area contributed by atoms with Crippen molar-refractivity contribution in [3.8, 4) is 11.5 Å². The van der Waals surface area contributed by atoms with Gasteiger partial charge in [0.15, 0.2) is 5.82 Å². The highest BCUT2D eigenvalue weighted by Crippen LogP contribution is 2.19. The Labute approximate surface area is 170 Å². The van der Waals surface area contributed by atoms with Crippen LogP contribution in [0.2, 0.25) is 0 Å². The molecule has 0 aliphatic carbocycles. The van der Waals surface area contributed by atoms with Gasteiger partial charge in [-0.3, -0.25) is 4.79 Å². The lowest BCUT2D eigenvalue weighted by Gasteiger charge is -2.22. The molecule has 0 aromatic carbocycles. The van der Waals surface area contributed by atoms with Crippen LogP contribution in [-0.2, 0) is 9.53 Å². The van der Waals surface area contributed by atoms with Gasteiger partial charge in [0.1, 0.15) is 23.7 Å². The minimum atomic E-state index is -0.0314. The molecule has 29 heavy (non-hydrogen) atoms. The highest BCUT2D eigenvalue weighted by Gasteiger charge is 2.21. The van der Waals surface area contributed by atoms with E-state index in [2.05, 4.69) is 35.9 Å². The zero-order valence-corrected chi connectivity index (χ0v) is 16.4. The molecule has 1 atom stereocenters. The van der Waals surface area contributed by atoms with Gasteiger partial charge in [-0.15, -0.1) is 0 Å². The van der Waals surface area contributed by atoms with E-state index in [1.54, 1.807) is 12.3 Å². The summed E-state index contributed by atoms with van der Waals surface area (Å²) in [7, 11) is 0. The van der Waals surface area contributed by atoms with Crippen molar-refractivity contribution in [2.75, 3.05) is 43.5 Å². The van der Waals surface area contributed by atoms with Crippen LogP contribution in [0, 0.1) is 11.8 Å². The molecule has 0 bridgehead atoms. The second-order valence-corrected chi connectivity index (χ2v) is 7.52. The van der Waals surface area contributed by atoms with E-state index in [9.17, 15) is 4.79 Å². The Morgan fingerprint density at radius 2 is 2.07 bits per heavy atom. The van der Waals surface area contributed by atoms with Crippen LogP contribution in [0.1, 0.15) is 25.7 Å². The molecule has 0 spiro atoms. The molecule has 2 aromatic heterocycles. The van der Waals surface area contributed by atoms with Gasteiger partial charge in [0.25, 0.3) is 0 Å². The second kappa shape index (κ2) is 9.71. The number of aromatic nitrogens is 4. The summed E-state index contributed by atoms with van der Waals surface area (Å²) in [5.74, 6) is 2.27. The first kappa shape index (κ1) is 19.7. The average molecular weight is 397 g/mol. The summed E-state index contributed by atoms with van der Waals surface area (Å²) < 4.78 is 5.40. The number of carbonyl (C=O) groups is 1. The Morgan fingerprint density at radius 1 is 1.17 bits per heavy atom. The van der Waals surface area contributed by atoms with E-state index in [-0.39, 0.29) is 11.8 Å². The van der Waals surface area contributed by atoms with Crippen molar-refractivity contribution >= 4 is 17.5 Å². The van der Waals surface area contributed by atoms with Gasteiger partial charge in [-0.1, -0.05) is 0 Å². The Balaban J connectivity index is 1.40. The van der Waals surface area contributed by atoms with Gasteiger partial charge in [0.05, 0.1) is 5.92 Å². The third-order valence-corrected chi connectivity index (χ3v) is 5.38. The van der Waals surface area contributed by atoms with E-state index < -0.39 is 0 Å². The number of hydrogen-bond acceptors (Lipinski definition) is 8. The van der Waals surface area contributed by atoms with E-state index in [1.807, 2.05) is 6.07 Å². The molecule has 9 heteroatoms. The summed E-state index contributed by atoms with van der Waals surface area (Å²) in [6.07, 6.45) is 7.17. The summed E-state index contributed by atoms with van der Waals surface area (Å²) in [5.41, 5.74) is 0.576. The van der Waals surface area contributed by atoms with Crippen LogP contribution in [0.3, 0.4) is 0 Å². The maximum Gasteiger partial charge on any atom is 0.229 e. The summed E-state index contributed by atoms with van der Waals surface area (Å²) in [4.78, 5) is 29.8. The zero-order valence-electron chi connectivity index (χ0n) is 16.4. The maximum atomic E-state index is 12.4. The van der Waals surface area contributed by atoms with Gasteiger partial charge < -0.3 is 20.7 Å². The van der Waals surface area contributed by atoms with Gasteiger partial charge in [-0.05, 0) is 44.2 Å². The third-order valence-electron chi connectivity index (χ3n) is 5.38. The standard InChI is InChI=1S/C20H27N7O2/c28-20(15-2-1-6-21-12-15)27-18-10-16(24-13-25-18)19-22-7-3-17(26-19)23-11-14-4-8-29-9-5-14/h3,7,10,13-15,21H,1-2,4-6,8-9,11-12H2,(H,22,23,26)(H,24,25,27,28)/t15-/m1/s1. The number of amides is 1. The molecule has 2 fully saturated rings. The van der Waals surface area contributed by atoms with Crippen LogP contribution >= 0.6 is 0 Å². The monoisotopic (exact) mass is 397 g/mol. The Bertz CT molecular complexity index is 820. The number of hydrogen-bond donors (Lipinski definition) is 3. The summed E-state index contributed by atoms with van der Waals surface area (Å²) >= 11 is 0. The predicted molar refractivity (Wildman–Crippen MR) is 109 cm³/mol. The number of piperidine rings is 1. The zero-order chi connectivity index (χ0) is 19.9. The molecule has 2 aliphatic rings. The first-order valence-electron chi connectivity index (χ1n) is 10.3. The van der Waals surface area contributed by atoms with Gasteiger partial charge >= 0.3 is 0 Å². The number of nitrogens with one attached hydrogen (secondary N) is 3. The molecule has 4 rings (SSSR count). The van der Waals surface area contributed by atoms with E-state index >= 15 is 0 Å². The Morgan fingerprint density at radius 3 is 2.90 bits per heavy atom. The Kier molecular flexibility index (Phi) is 6.58. The van der Waals surface area contributed by atoms with Gasteiger partial charge in [0.2, 0.25) is 5.91 Å². The first-order valence-corrected chi connectivity index (χ1v) is 10.3. The van der Waals surface area contributed by atoms with E-state index in [4.69, 9.17) is 4.74 Å². The number of carbonyl (C=O) groups excluding carboxylic acids is 1. The molecular formula is C20H27N7O2. The topological polar surface area (TPSA) is 114 Å². The highest BCUT2D eigenvalue weighted by atomic mass is 16.5. The number of rotatable bonds is 6. The lowest BCUT2D eigenvalue weighted by atomic mass is 9.99. The molecular weight excluding hydrogens is 370 g/mol. The molecule has 4 heterocycles.